The zero-order valence-electron chi connectivity index (χ0n) is 9.78. The van der Waals surface area contributed by atoms with Gasteiger partial charge in [0, 0.05) is 26.7 Å². The number of rotatable bonds is 6. The number of nitrogens with zero attached hydrogens (tertiary/aromatic N) is 3. The number of aromatic nitrogens is 2. The van der Waals surface area contributed by atoms with E-state index >= 15 is 0 Å². The monoisotopic (exact) mass is 287 g/mol. The smallest absolute Gasteiger partial charge is 0.0739 e. The molecule has 0 bridgehead atoms. The van der Waals surface area contributed by atoms with Crippen LogP contribution in [0.3, 0.4) is 0 Å². The molecule has 0 saturated carbocycles. The van der Waals surface area contributed by atoms with Gasteiger partial charge in [-0.15, -0.1) is 6.58 Å². The molecule has 0 saturated heterocycles. The number of hydrogen-bond acceptors (Lipinski definition) is 3. The first-order valence-corrected chi connectivity index (χ1v) is 6.01. The van der Waals surface area contributed by atoms with Crippen molar-refractivity contribution in [3.05, 3.63) is 28.5 Å². The Morgan fingerprint density at radius 2 is 2.31 bits per heavy atom. The van der Waals surface area contributed by atoms with Crippen molar-refractivity contribution in [2.24, 2.45) is 7.05 Å². The standard InChI is InChI=1S/C11H18BrN3O/c1-4-5-15(6-7-16)8-10-11(12)9(2)13-14(10)3/h4,16H,1,5-8H2,2-3H3. The lowest BCUT2D eigenvalue weighted by Crippen LogP contribution is -2.27. The number of hydrogen-bond donors (Lipinski definition) is 1. The van der Waals surface area contributed by atoms with Crippen LogP contribution >= 0.6 is 15.9 Å². The van der Waals surface area contributed by atoms with Gasteiger partial charge in [0.25, 0.3) is 0 Å². The fourth-order valence-corrected chi connectivity index (χ4v) is 2.08. The lowest BCUT2D eigenvalue weighted by molar-refractivity contribution is 0.200. The van der Waals surface area contributed by atoms with E-state index in [4.69, 9.17) is 5.11 Å². The molecule has 0 aliphatic carbocycles. The normalized spacial score (nSPS) is 11.1. The molecule has 1 aromatic rings. The number of aliphatic hydroxyl groups is 1. The topological polar surface area (TPSA) is 41.3 Å². The van der Waals surface area contributed by atoms with Crippen molar-refractivity contribution in [3.63, 3.8) is 0 Å². The van der Waals surface area contributed by atoms with E-state index < -0.39 is 0 Å². The second-order valence-electron chi connectivity index (χ2n) is 3.72. The molecule has 90 valence electrons. The molecule has 1 N–H and O–H groups in total. The van der Waals surface area contributed by atoms with E-state index in [9.17, 15) is 0 Å². The average molecular weight is 288 g/mol. The summed E-state index contributed by atoms with van der Waals surface area (Å²) in [7, 11) is 1.93. The minimum Gasteiger partial charge on any atom is -0.395 e. The van der Waals surface area contributed by atoms with Crippen molar-refractivity contribution < 1.29 is 5.11 Å². The third kappa shape index (κ3) is 3.17. The maximum absolute atomic E-state index is 8.98. The van der Waals surface area contributed by atoms with Gasteiger partial charge in [0.1, 0.15) is 0 Å². The van der Waals surface area contributed by atoms with Crippen molar-refractivity contribution in [1.29, 1.82) is 0 Å². The molecule has 0 aliphatic heterocycles. The van der Waals surface area contributed by atoms with Gasteiger partial charge in [-0.05, 0) is 22.9 Å². The summed E-state index contributed by atoms with van der Waals surface area (Å²) >= 11 is 3.53. The molecular weight excluding hydrogens is 270 g/mol. The SMILES string of the molecule is C=CCN(CCO)Cc1c(Br)c(C)nn1C. The first-order chi connectivity index (χ1) is 7.60. The summed E-state index contributed by atoms with van der Waals surface area (Å²) in [5.41, 5.74) is 2.10. The Kier molecular flexibility index (Phi) is 5.18. The first kappa shape index (κ1) is 13.4. The molecule has 1 rings (SSSR count). The van der Waals surface area contributed by atoms with Crippen LogP contribution in [-0.2, 0) is 13.6 Å². The number of halogens is 1. The van der Waals surface area contributed by atoms with Crippen LogP contribution in [0.15, 0.2) is 17.1 Å². The van der Waals surface area contributed by atoms with Gasteiger partial charge in [0.05, 0.1) is 22.5 Å². The van der Waals surface area contributed by atoms with E-state index in [-0.39, 0.29) is 6.61 Å². The van der Waals surface area contributed by atoms with Crippen LogP contribution in [0, 0.1) is 6.92 Å². The summed E-state index contributed by atoms with van der Waals surface area (Å²) in [5, 5.41) is 13.3. The van der Waals surface area contributed by atoms with Crippen LogP contribution in [0.5, 0.6) is 0 Å². The van der Waals surface area contributed by atoms with Crippen LogP contribution < -0.4 is 0 Å². The lowest BCUT2D eigenvalue weighted by Gasteiger charge is -2.19. The molecule has 0 amide bonds. The Bertz CT molecular complexity index is 362. The lowest BCUT2D eigenvalue weighted by atomic mass is 10.3. The highest BCUT2D eigenvalue weighted by molar-refractivity contribution is 9.10. The third-order valence-electron chi connectivity index (χ3n) is 2.44. The highest BCUT2D eigenvalue weighted by Crippen LogP contribution is 2.21. The summed E-state index contributed by atoms with van der Waals surface area (Å²) in [6, 6.07) is 0. The summed E-state index contributed by atoms with van der Waals surface area (Å²) in [4.78, 5) is 2.12. The highest BCUT2D eigenvalue weighted by Gasteiger charge is 2.13. The molecule has 0 spiro atoms. The van der Waals surface area contributed by atoms with Gasteiger partial charge in [0.2, 0.25) is 0 Å². The van der Waals surface area contributed by atoms with Gasteiger partial charge in [-0.25, -0.2) is 0 Å². The molecule has 0 unspecified atom stereocenters. The van der Waals surface area contributed by atoms with Crippen molar-refractivity contribution >= 4 is 15.9 Å². The molecule has 5 heteroatoms. The molecule has 1 aromatic heterocycles. The minimum atomic E-state index is 0.155. The van der Waals surface area contributed by atoms with Gasteiger partial charge in [-0.1, -0.05) is 6.08 Å². The summed E-state index contributed by atoms with van der Waals surface area (Å²) < 4.78 is 2.91. The van der Waals surface area contributed by atoms with E-state index in [0.29, 0.717) is 6.54 Å². The van der Waals surface area contributed by atoms with Gasteiger partial charge in [-0.2, -0.15) is 5.10 Å². The number of aliphatic hydroxyl groups excluding tert-OH is 1. The van der Waals surface area contributed by atoms with Crippen molar-refractivity contribution in [2.45, 2.75) is 13.5 Å². The molecule has 0 radical (unpaired) electrons. The molecule has 0 fully saturated rings. The van der Waals surface area contributed by atoms with Crippen LogP contribution in [0.2, 0.25) is 0 Å². The molecule has 0 aliphatic rings. The molecule has 0 aromatic carbocycles. The Hall–Kier alpha value is -0.650. The molecular formula is C11H18BrN3O. The van der Waals surface area contributed by atoms with E-state index in [1.165, 1.54) is 0 Å². The van der Waals surface area contributed by atoms with Gasteiger partial charge in [-0.3, -0.25) is 9.58 Å². The third-order valence-corrected chi connectivity index (χ3v) is 3.47. The van der Waals surface area contributed by atoms with Crippen LogP contribution in [0.4, 0.5) is 0 Å². The fraction of sp³-hybridized carbons (Fsp3) is 0.545. The van der Waals surface area contributed by atoms with E-state index in [1.807, 2.05) is 24.7 Å². The minimum absolute atomic E-state index is 0.155. The van der Waals surface area contributed by atoms with E-state index in [1.54, 1.807) is 0 Å². The first-order valence-electron chi connectivity index (χ1n) is 5.22. The van der Waals surface area contributed by atoms with Crippen molar-refractivity contribution in [1.82, 2.24) is 14.7 Å². The maximum atomic E-state index is 8.98. The Morgan fingerprint density at radius 1 is 1.62 bits per heavy atom. The Labute approximate surface area is 105 Å². The van der Waals surface area contributed by atoms with Gasteiger partial charge < -0.3 is 5.11 Å². The Morgan fingerprint density at radius 3 is 2.75 bits per heavy atom. The van der Waals surface area contributed by atoms with Crippen molar-refractivity contribution in [3.8, 4) is 0 Å². The maximum Gasteiger partial charge on any atom is 0.0739 e. The Balaban J connectivity index is 2.79. The molecule has 0 atom stereocenters. The fourth-order valence-electron chi connectivity index (χ4n) is 1.62. The second kappa shape index (κ2) is 6.18. The zero-order chi connectivity index (χ0) is 12.1. The quantitative estimate of drug-likeness (QED) is 0.806. The molecule has 4 nitrogen and oxygen atoms in total. The number of aryl methyl sites for hydroxylation is 2. The molecule has 16 heavy (non-hydrogen) atoms. The highest BCUT2D eigenvalue weighted by atomic mass is 79.9. The van der Waals surface area contributed by atoms with Gasteiger partial charge in [0.15, 0.2) is 0 Å². The predicted molar refractivity (Wildman–Crippen MR) is 68.2 cm³/mol. The predicted octanol–water partition coefficient (Wildman–Crippen LogP) is 1.47. The van der Waals surface area contributed by atoms with E-state index in [2.05, 4.69) is 32.5 Å². The summed E-state index contributed by atoms with van der Waals surface area (Å²) in [6.45, 7) is 8.00. The second-order valence-corrected chi connectivity index (χ2v) is 4.51. The van der Waals surface area contributed by atoms with Crippen LogP contribution in [0.25, 0.3) is 0 Å². The zero-order valence-corrected chi connectivity index (χ0v) is 11.4. The van der Waals surface area contributed by atoms with Crippen LogP contribution in [0.1, 0.15) is 11.4 Å². The summed E-state index contributed by atoms with van der Waals surface area (Å²) in [5.74, 6) is 0. The van der Waals surface area contributed by atoms with Crippen molar-refractivity contribution in [2.75, 3.05) is 19.7 Å². The average Bonchev–Trinajstić information content (AvgIpc) is 2.46. The van der Waals surface area contributed by atoms with Crippen LogP contribution in [-0.4, -0.2) is 39.5 Å². The van der Waals surface area contributed by atoms with E-state index in [0.717, 1.165) is 29.0 Å². The molecule has 1 heterocycles. The van der Waals surface area contributed by atoms with Gasteiger partial charge >= 0.3 is 0 Å². The largest absolute Gasteiger partial charge is 0.395 e. The summed E-state index contributed by atoms with van der Waals surface area (Å²) in [6.07, 6.45) is 1.84.